The standard InChI is InChI=1S/C29H20F17N5OS/c30-22(31,23(32,33)24(34,35)25(36,37)26(38,39)27(40,41)28(42,43)29(44,45)46)10-11-51-12-15(49-50-51)13-52-20-18-16-8-4-5-9-17(16)53-21(18)48-19(47-20)14-6-2-1-3-7-14/h1-3,6-7,12H,4-5,8-11,13H2. The van der Waals surface area contributed by atoms with Crippen LogP contribution in [0.15, 0.2) is 36.5 Å². The number of fused-ring (bicyclic) bond motifs is 3. The summed E-state index contributed by atoms with van der Waals surface area (Å²) in [5, 5.41) is 7.36. The Morgan fingerprint density at radius 2 is 1.25 bits per heavy atom. The van der Waals surface area contributed by atoms with Gasteiger partial charge in [-0.2, -0.15) is 79.6 Å². The summed E-state index contributed by atoms with van der Waals surface area (Å²) in [4.78, 5) is 10.7. The fraction of sp³-hybridized carbons (Fsp3) is 0.517. The maximum atomic E-state index is 14.4. The molecule has 0 amide bonds. The van der Waals surface area contributed by atoms with Crippen molar-refractivity contribution in [2.75, 3.05) is 0 Å². The van der Waals surface area contributed by atoms with Crippen LogP contribution in [0.5, 0.6) is 5.88 Å². The highest BCUT2D eigenvalue weighted by Crippen LogP contribution is 2.64. The van der Waals surface area contributed by atoms with Crippen molar-refractivity contribution < 1.29 is 79.4 Å². The molecule has 0 unspecified atom stereocenters. The third-order valence-corrected chi connectivity index (χ3v) is 9.38. The van der Waals surface area contributed by atoms with E-state index < -0.39 is 67.2 Å². The molecule has 0 atom stereocenters. The van der Waals surface area contributed by atoms with Gasteiger partial charge in [0.15, 0.2) is 5.82 Å². The van der Waals surface area contributed by atoms with Gasteiger partial charge in [-0.25, -0.2) is 4.98 Å². The molecule has 24 heteroatoms. The molecule has 0 bridgehead atoms. The van der Waals surface area contributed by atoms with E-state index in [4.69, 9.17) is 4.74 Å². The Hall–Kier alpha value is -3.99. The third-order valence-electron chi connectivity index (χ3n) is 8.20. The molecule has 53 heavy (non-hydrogen) atoms. The summed E-state index contributed by atoms with van der Waals surface area (Å²) in [6.07, 6.45) is -6.55. The number of benzene rings is 1. The summed E-state index contributed by atoms with van der Waals surface area (Å²) in [5.41, 5.74) is 1.30. The van der Waals surface area contributed by atoms with E-state index in [0.29, 0.717) is 22.2 Å². The quantitative estimate of drug-likeness (QED) is 0.126. The fourth-order valence-corrected chi connectivity index (χ4v) is 6.46. The van der Waals surface area contributed by atoms with Crippen molar-refractivity contribution in [2.24, 2.45) is 0 Å². The maximum Gasteiger partial charge on any atom is 0.460 e. The molecule has 0 aliphatic heterocycles. The number of alkyl halides is 17. The second-order valence-corrected chi connectivity index (χ2v) is 12.9. The van der Waals surface area contributed by atoms with Gasteiger partial charge in [0.2, 0.25) is 5.88 Å². The molecule has 5 rings (SSSR count). The number of thiophene rings is 1. The van der Waals surface area contributed by atoms with E-state index in [0.717, 1.165) is 35.9 Å². The second kappa shape index (κ2) is 13.1. The molecule has 0 N–H and O–H groups in total. The topological polar surface area (TPSA) is 65.7 Å². The van der Waals surface area contributed by atoms with Crippen LogP contribution in [0.4, 0.5) is 74.6 Å². The second-order valence-electron chi connectivity index (χ2n) is 11.8. The van der Waals surface area contributed by atoms with Gasteiger partial charge in [-0.3, -0.25) is 4.68 Å². The van der Waals surface area contributed by atoms with Crippen LogP contribution >= 0.6 is 11.3 Å². The Bertz CT molecular complexity index is 1940. The van der Waals surface area contributed by atoms with Crippen molar-refractivity contribution in [1.29, 1.82) is 0 Å². The van der Waals surface area contributed by atoms with E-state index in [2.05, 4.69) is 20.3 Å². The monoisotopic (exact) mass is 809 g/mol. The molecule has 6 nitrogen and oxygen atoms in total. The van der Waals surface area contributed by atoms with Gasteiger partial charge in [-0.1, -0.05) is 35.5 Å². The van der Waals surface area contributed by atoms with Crippen LogP contribution in [0.25, 0.3) is 21.6 Å². The highest BCUT2D eigenvalue weighted by atomic mass is 32.1. The third kappa shape index (κ3) is 6.40. The largest absolute Gasteiger partial charge is 0.470 e. The number of nitrogens with zero attached hydrogens (tertiary/aromatic N) is 5. The van der Waals surface area contributed by atoms with Gasteiger partial charge in [0.1, 0.15) is 17.1 Å². The molecule has 0 spiro atoms. The predicted octanol–water partition coefficient (Wildman–Crippen LogP) is 9.81. The zero-order valence-corrected chi connectivity index (χ0v) is 26.7. The number of hydrogen-bond acceptors (Lipinski definition) is 6. The van der Waals surface area contributed by atoms with E-state index in [1.54, 1.807) is 30.3 Å². The molecule has 0 radical (unpaired) electrons. The number of rotatable bonds is 13. The summed E-state index contributed by atoms with van der Waals surface area (Å²) in [7, 11) is 0. The van der Waals surface area contributed by atoms with Crippen molar-refractivity contribution in [3.8, 4) is 17.3 Å². The molecule has 3 heterocycles. The van der Waals surface area contributed by atoms with Crippen LogP contribution in [0, 0.1) is 0 Å². The van der Waals surface area contributed by atoms with E-state index >= 15 is 0 Å². The van der Waals surface area contributed by atoms with E-state index in [1.807, 2.05) is 0 Å². The van der Waals surface area contributed by atoms with Gasteiger partial charge in [0, 0.05) is 23.4 Å². The average Bonchev–Trinajstić information content (AvgIpc) is 3.70. The lowest BCUT2D eigenvalue weighted by molar-refractivity contribution is -0.461. The highest BCUT2D eigenvalue weighted by Gasteiger charge is 2.95. The van der Waals surface area contributed by atoms with Gasteiger partial charge in [0.05, 0.1) is 11.6 Å². The molecular weight excluding hydrogens is 789 g/mol. The van der Waals surface area contributed by atoms with Crippen LogP contribution in [0.3, 0.4) is 0 Å². The average molecular weight is 810 g/mol. The van der Waals surface area contributed by atoms with E-state index in [-0.39, 0.29) is 22.1 Å². The van der Waals surface area contributed by atoms with Crippen LogP contribution in [-0.4, -0.2) is 72.6 Å². The minimum Gasteiger partial charge on any atom is -0.470 e. The van der Waals surface area contributed by atoms with Crippen LogP contribution in [0.1, 0.15) is 35.4 Å². The minimum atomic E-state index is -8.68. The van der Waals surface area contributed by atoms with Crippen molar-refractivity contribution >= 4 is 21.6 Å². The lowest BCUT2D eigenvalue weighted by Crippen LogP contribution is -2.74. The zero-order valence-electron chi connectivity index (χ0n) is 25.9. The number of ether oxygens (including phenoxy) is 1. The van der Waals surface area contributed by atoms with Gasteiger partial charge < -0.3 is 4.74 Å². The first-order valence-corrected chi connectivity index (χ1v) is 15.6. The summed E-state index contributed by atoms with van der Waals surface area (Å²) in [5.74, 6) is -56.4. The lowest BCUT2D eigenvalue weighted by atomic mass is 9.88. The Labute approximate surface area is 288 Å². The lowest BCUT2D eigenvalue weighted by Gasteiger charge is -2.42. The number of aryl methyl sites for hydroxylation is 3. The summed E-state index contributed by atoms with van der Waals surface area (Å²) in [6, 6.07) is 8.62. The molecule has 0 saturated heterocycles. The van der Waals surface area contributed by atoms with Crippen molar-refractivity contribution in [3.05, 3.63) is 52.7 Å². The minimum absolute atomic E-state index is 0.0625. The number of hydrogen-bond donors (Lipinski definition) is 0. The fourth-order valence-electron chi connectivity index (χ4n) is 5.21. The molecule has 0 fully saturated rings. The molecule has 1 aliphatic carbocycles. The van der Waals surface area contributed by atoms with Gasteiger partial charge in [-0.05, 0) is 31.2 Å². The smallest absolute Gasteiger partial charge is 0.460 e. The first-order valence-electron chi connectivity index (χ1n) is 14.8. The molecule has 1 aliphatic rings. The van der Waals surface area contributed by atoms with Crippen LogP contribution in [0.2, 0.25) is 0 Å². The Morgan fingerprint density at radius 3 is 1.85 bits per heavy atom. The summed E-state index contributed by atoms with van der Waals surface area (Å²) in [6.45, 7) is -2.16. The van der Waals surface area contributed by atoms with Crippen molar-refractivity contribution in [1.82, 2.24) is 25.0 Å². The van der Waals surface area contributed by atoms with Crippen LogP contribution in [-0.2, 0) is 26.0 Å². The first kappa shape index (κ1) is 40.2. The molecular formula is C29H20F17N5OS. The Kier molecular flexibility index (Phi) is 9.93. The predicted molar refractivity (Wildman–Crippen MR) is 149 cm³/mol. The van der Waals surface area contributed by atoms with Gasteiger partial charge in [-0.15, -0.1) is 16.4 Å². The number of aromatic nitrogens is 5. The molecule has 3 aromatic heterocycles. The molecule has 4 aromatic rings. The summed E-state index contributed by atoms with van der Waals surface area (Å²) >= 11 is 1.41. The molecule has 0 saturated carbocycles. The highest BCUT2D eigenvalue weighted by molar-refractivity contribution is 7.18. The maximum absolute atomic E-state index is 14.4. The Morgan fingerprint density at radius 1 is 0.679 bits per heavy atom. The number of halogens is 17. The first-order chi connectivity index (χ1) is 24.2. The van der Waals surface area contributed by atoms with E-state index in [1.165, 1.54) is 11.3 Å². The van der Waals surface area contributed by atoms with Gasteiger partial charge >= 0.3 is 47.6 Å². The van der Waals surface area contributed by atoms with Crippen molar-refractivity contribution in [3.63, 3.8) is 0 Å². The van der Waals surface area contributed by atoms with E-state index in [9.17, 15) is 74.6 Å². The van der Waals surface area contributed by atoms with Crippen molar-refractivity contribution in [2.45, 2.75) is 92.9 Å². The summed E-state index contributed by atoms with van der Waals surface area (Å²) < 4.78 is 237. The SMILES string of the molecule is FC(F)(F)C(F)(F)C(F)(F)C(F)(F)C(F)(F)C(F)(F)C(F)(F)C(F)(F)CCn1cc(COc2nc(-c3ccccc3)nc3sc4c(c23)CCCC4)nn1. The molecule has 292 valence electrons. The van der Waals surface area contributed by atoms with Crippen LogP contribution < -0.4 is 4.74 Å². The normalized spacial score (nSPS) is 15.6. The van der Waals surface area contributed by atoms with Gasteiger partial charge in [0.25, 0.3) is 0 Å². The zero-order chi connectivity index (χ0) is 39.6. The Balaban J connectivity index is 1.34. The molecule has 1 aromatic carbocycles.